The van der Waals surface area contributed by atoms with E-state index in [-0.39, 0.29) is 5.41 Å². The predicted molar refractivity (Wildman–Crippen MR) is 69.2 cm³/mol. The van der Waals surface area contributed by atoms with Crippen molar-refractivity contribution in [3.63, 3.8) is 0 Å². The van der Waals surface area contributed by atoms with Crippen molar-refractivity contribution >= 4 is 10.8 Å². The van der Waals surface area contributed by atoms with Crippen molar-refractivity contribution in [2.24, 2.45) is 5.41 Å². The molecule has 0 saturated heterocycles. The molecule has 0 aromatic carbocycles. The number of hydrogen-bond acceptors (Lipinski definition) is 3. The topological polar surface area (TPSA) is 38.3 Å². The molecule has 1 saturated carbocycles. The molecular formula is C12H25NO2S. The van der Waals surface area contributed by atoms with Crippen LogP contribution in [0.5, 0.6) is 0 Å². The Kier molecular flexibility index (Phi) is 5.41. The summed E-state index contributed by atoms with van der Waals surface area (Å²) in [5, 5.41) is 3.80. The average Bonchev–Trinajstić information content (AvgIpc) is 2.52. The van der Waals surface area contributed by atoms with Crippen LogP contribution in [0.1, 0.15) is 33.6 Å². The maximum atomic E-state index is 12.2. The highest BCUT2D eigenvalue weighted by atomic mass is 32.2. The fourth-order valence-electron chi connectivity index (χ4n) is 2.57. The van der Waals surface area contributed by atoms with Crippen molar-refractivity contribution in [3.05, 3.63) is 0 Å². The Morgan fingerprint density at radius 3 is 2.75 bits per heavy atom. The summed E-state index contributed by atoms with van der Waals surface area (Å²) in [5.74, 6) is 0.666. The second kappa shape index (κ2) is 6.12. The molecule has 0 aromatic heterocycles. The highest BCUT2D eigenvalue weighted by Gasteiger charge is 2.43. The van der Waals surface area contributed by atoms with Crippen LogP contribution in [0.15, 0.2) is 0 Å². The first-order chi connectivity index (χ1) is 7.53. The maximum absolute atomic E-state index is 12.2. The van der Waals surface area contributed by atoms with Crippen molar-refractivity contribution in [3.8, 4) is 0 Å². The lowest BCUT2D eigenvalue weighted by molar-refractivity contribution is 0.217. The first-order valence-corrected chi connectivity index (χ1v) is 7.50. The van der Waals surface area contributed by atoms with Crippen LogP contribution in [0.25, 0.3) is 0 Å². The minimum Gasteiger partial charge on any atom is -0.384 e. The number of methoxy groups -OCH3 is 1. The Hall–Kier alpha value is 0.0700. The van der Waals surface area contributed by atoms with Crippen LogP contribution in [0.2, 0.25) is 0 Å². The van der Waals surface area contributed by atoms with Gasteiger partial charge in [-0.3, -0.25) is 4.21 Å². The maximum Gasteiger partial charge on any atom is 0.0577 e. The van der Waals surface area contributed by atoms with Gasteiger partial charge >= 0.3 is 0 Å². The highest BCUT2D eigenvalue weighted by molar-refractivity contribution is 7.85. The Balaban J connectivity index is 2.61. The van der Waals surface area contributed by atoms with Crippen molar-refractivity contribution in [2.45, 2.75) is 44.9 Å². The zero-order chi connectivity index (χ0) is 12.2. The molecule has 16 heavy (non-hydrogen) atoms. The predicted octanol–water partition coefficient (Wildman–Crippen LogP) is 1.55. The number of rotatable bonds is 6. The summed E-state index contributed by atoms with van der Waals surface area (Å²) in [6.07, 6.45) is 2.23. The number of nitrogens with one attached hydrogen (secondary N) is 1. The van der Waals surface area contributed by atoms with Gasteiger partial charge in [-0.2, -0.15) is 0 Å². The van der Waals surface area contributed by atoms with E-state index in [1.807, 2.05) is 0 Å². The number of ether oxygens (including phenoxy) is 1. The average molecular weight is 247 g/mol. The van der Waals surface area contributed by atoms with E-state index in [0.29, 0.717) is 23.7 Å². The van der Waals surface area contributed by atoms with Gasteiger partial charge in [-0.1, -0.05) is 20.8 Å². The Bertz CT molecular complexity index is 243. The van der Waals surface area contributed by atoms with Crippen LogP contribution >= 0.6 is 0 Å². The fraction of sp³-hybridized carbons (Fsp3) is 1.00. The first kappa shape index (κ1) is 14.1. The summed E-state index contributed by atoms with van der Waals surface area (Å²) in [4.78, 5) is 0. The van der Waals surface area contributed by atoms with Gasteiger partial charge in [-0.25, -0.2) is 0 Å². The minimum atomic E-state index is -0.761. The summed E-state index contributed by atoms with van der Waals surface area (Å²) >= 11 is 0. The molecule has 3 atom stereocenters. The van der Waals surface area contributed by atoms with Crippen molar-refractivity contribution in [1.82, 2.24) is 5.32 Å². The molecule has 1 aliphatic carbocycles. The largest absolute Gasteiger partial charge is 0.384 e. The highest BCUT2D eigenvalue weighted by Crippen LogP contribution is 2.39. The standard InChI is InChI=1S/C12H25NO2S/c1-5-13-11-10(6-7-12(11,2)3)16(14)9-8-15-4/h10-11,13H,5-9H2,1-4H3. The van der Waals surface area contributed by atoms with Gasteiger partial charge in [0, 0.05) is 29.7 Å². The summed E-state index contributed by atoms with van der Waals surface area (Å²) in [5.41, 5.74) is 0.267. The van der Waals surface area contributed by atoms with Crippen molar-refractivity contribution < 1.29 is 8.95 Å². The molecule has 1 aliphatic rings. The third-order valence-electron chi connectivity index (χ3n) is 3.54. The smallest absolute Gasteiger partial charge is 0.0577 e. The third-order valence-corrected chi connectivity index (χ3v) is 5.29. The van der Waals surface area contributed by atoms with Gasteiger partial charge in [0.25, 0.3) is 0 Å². The van der Waals surface area contributed by atoms with E-state index in [4.69, 9.17) is 4.74 Å². The van der Waals surface area contributed by atoms with E-state index < -0.39 is 10.8 Å². The second-order valence-corrected chi connectivity index (χ2v) is 6.95. The molecule has 0 aromatic rings. The van der Waals surface area contributed by atoms with Gasteiger partial charge in [-0.15, -0.1) is 0 Å². The molecule has 1 rings (SSSR count). The fourth-order valence-corrected chi connectivity index (χ4v) is 4.35. The van der Waals surface area contributed by atoms with E-state index in [0.717, 1.165) is 19.4 Å². The first-order valence-electron chi connectivity index (χ1n) is 6.12. The lowest BCUT2D eigenvalue weighted by Crippen LogP contribution is -2.46. The molecule has 1 N–H and O–H groups in total. The van der Waals surface area contributed by atoms with Gasteiger partial charge < -0.3 is 10.1 Å². The SMILES string of the molecule is CCNC1C(S(=O)CCOC)CCC1(C)C. The van der Waals surface area contributed by atoms with Crippen LogP contribution in [-0.4, -0.2) is 41.5 Å². The van der Waals surface area contributed by atoms with Crippen LogP contribution in [0.3, 0.4) is 0 Å². The van der Waals surface area contributed by atoms with Gasteiger partial charge in [0.05, 0.1) is 11.9 Å². The molecule has 0 aliphatic heterocycles. The van der Waals surface area contributed by atoms with Gasteiger partial charge in [0.15, 0.2) is 0 Å². The lowest BCUT2D eigenvalue weighted by Gasteiger charge is -2.31. The molecule has 4 heteroatoms. The molecule has 0 heterocycles. The van der Waals surface area contributed by atoms with Crippen LogP contribution in [0.4, 0.5) is 0 Å². The molecular weight excluding hydrogens is 222 g/mol. The lowest BCUT2D eigenvalue weighted by atomic mass is 9.87. The Labute approximate surface area is 102 Å². The third kappa shape index (κ3) is 3.28. The molecule has 3 unspecified atom stereocenters. The van der Waals surface area contributed by atoms with Crippen LogP contribution in [-0.2, 0) is 15.5 Å². The van der Waals surface area contributed by atoms with E-state index in [9.17, 15) is 4.21 Å². The van der Waals surface area contributed by atoms with E-state index >= 15 is 0 Å². The van der Waals surface area contributed by atoms with Crippen molar-refractivity contribution in [2.75, 3.05) is 26.0 Å². The normalized spacial score (nSPS) is 30.5. The molecule has 0 radical (unpaired) electrons. The summed E-state index contributed by atoms with van der Waals surface area (Å²) in [7, 11) is 0.903. The molecule has 0 spiro atoms. The van der Waals surface area contributed by atoms with E-state index in [1.165, 1.54) is 0 Å². The summed E-state index contributed by atoms with van der Waals surface area (Å²) in [6, 6.07) is 0.384. The second-order valence-electron chi connectivity index (χ2n) is 5.18. The van der Waals surface area contributed by atoms with Gasteiger partial charge in [0.2, 0.25) is 0 Å². The summed E-state index contributed by atoms with van der Waals surface area (Å²) < 4.78 is 17.2. The monoisotopic (exact) mass is 247 g/mol. The molecule has 0 amide bonds. The Morgan fingerprint density at radius 2 is 2.19 bits per heavy atom. The van der Waals surface area contributed by atoms with E-state index in [2.05, 4.69) is 26.1 Å². The minimum absolute atomic E-state index is 0.267. The zero-order valence-corrected chi connectivity index (χ0v) is 11.7. The van der Waals surface area contributed by atoms with Crippen molar-refractivity contribution in [1.29, 1.82) is 0 Å². The van der Waals surface area contributed by atoms with Gasteiger partial charge in [0.1, 0.15) is 0 Å². The molecule has 3 nitrogen and oxygen atoms in total. The van der Waals surface area contributed by atoms with Crippen LogP contribution < -0.4 is 5.32 Å². The summed E-state index contributed by atoms with van der Waals surface area (Å²) in [6.45, 7) is 8.21. The Morgan fingerprint density at radius 1 is 1.50 bits per heavy atom. The molecule has 96 valence electrons. The van der Waals surface area contributed by atoms with Gasteiger partial charge in [-0.05, 0) is 24.8 Å². The number of hydrogen-bond donors (Lipinski definition) is 1. The van der Waals surface area contributed by atoms with E-state index in [1.54, 1.807) is 7.11 Å². The van der Waals surface area contributed by atoms with Crippen LogP contribution in [0, 0.1) is 5.41 Å². The molecule has 0 bridgehead atoms. The quantitative estimate of drug-likeness (QED) is 0.774. The zero-order valence-electron chi connectivity index (χ0n) is 10.9. The molecule has 1 fully saturated rings.